The molecule has 0 aliphatic carbocycles. The fourth-order valence-corrected chi connectivity index (χ4v) is 1.01. The van der Waals surface area contributed by atoms with Gasteiger partial charge in [-0.15, -0.1) is 0 Å². The lowest BCUT2D eigenvalue weighted by molar-refractivity contribution is -0.128. The number of imide groups is 1. The summed E-state index contributed by atoms with van der Waals surface area (Å²) in [4.78, 5) is 22.2. The van der Waals surface area contributed by atoms with Crippen LogP contribution >= 0.6 is 0 Å². The van der Waals surface area contributed by atoms with Gasteiger partial charge in [0.15, 0.2) is 0 Å². The van der Waals surface area contributed by atoms with Gasteiger partial charge in [0.25, 0.3) is 5.91 Å². The van der Waals surface area contributed by atoms with Crippen LogP contribution in [0.1, 0.15) is 46.0 Å². The maximum atomic E-state index is 11.1. The predicted molar refractivity (Wildman–Crippen MR) is 56.7 cm³/mol. The summed E-state index contributed by atoms with van der Waals surface area (Å²) in [6, 6.07) is 0. The van der Waals surface area contributed by atoms with Gasteiger partial charge in [0.05, 0.1) is 0 Å². The van der Waals surface area contributed by atoms with Crippen molar-refractivity contribution in [3.05, 3.63) is 12.2 Å². The summed E-state index contributed by atoms with van der Waals surface area (Å²) in [7, 11) is 0. The molecule has 0 aliphatic heterocycles. The van der Waals surface area contributed by atoms with E-state index in [1.165, 1.54) is 0 Å². The maximum absolute atomic E-state index is 11.1. The molecule has 14 heavy (non-hydrogen) atoms. The zero-order valence-electron chi connectivity index (χ0n) is 9.06. The smallest absolute Gasteiger partial charge is 0.252 e. The molecule has 0 saturated carbocycles. The van der Waals surface area contributed by atoms with Crippen LogP contribution in [-0.2, 0) is 9.59 Å². The molecule has 0 spiro atoms. The van der Waals surface area contributed by atoms with Gasteiger partial charge in [0, 0.05) is 12.0 Å². The Labute approximate surface area is 85.6 Å². The van der Waals surface area contributed by atoms with Gasteiger partial charge in [-0.2, -0.15) is 0 Å². The molecule has 3 nitrogen and oxygen atoms in total. The van der Waals surface area contributed by atoms with Gasteiger partial charge in [0.2, 0.25) is 5.91 Å². The summed E-state index contributed by atoms with van der Waals surface area (Å²) in [6.07, 6.45) is 4.61. The van der Waals surface area contributed by atoms with Crippen molar-refractivity contribution < 1.29 is 9.59 Å². The van der Waals surface area contributed by atoms with Crippen LogP contribution in [0.4, 0.5) is 0 Å². The van der Waals surface area contributed by atoms with Gasteiger partial charge in [-0.05, 0) is 13.3 Å². The summed E-state index contributed by atoms with van der Waals surface area (Å²) in [5.74, 6) is -0.570. The monoisotopic (exact) mass is 197 g/mol. The predicted octanol–water partition coefficient (Wildman–Crippen LogP) is 2.18. The van der Waals surface area contributed by atoms with Crippen LogP contribution < -0.4 is 5.32 Å². The maximum Gasteiger partial charge on any atom is 0.252 e. The standard InChI is InChI=1S/C11H19NO2/c1-4-5-6-7-8-10(13)12-11(14)9(2)3/h2,4-8H2,1,3H3,(H,12,13,14). The molecule has 0 aromatic carbocycles. The zero-order valence-corrected chi connectivity index (χ0v) is 9.06. The van der Waals surface area contributed by atoms with Gasteiger partial charge in [-0.1, -0.05) is 32.8 Å². The van der Waals surface area contributed by atoms with E-state index in [2.05, 4.69) is 18.8 Å². The molecule has 0 fully saturated rings. The molecule has 0 aromatic heterocycles. The quantitative estimate of drug-likeness (QED) is 0.524. The Kier molecular flexibility index (Phi) is 6.72. The molecule has 0 saturated heterocycles. The first kappa shape index (κ1) is 12.9. The van der Waals surface area contributed by atoms with E-state index in [4.69, 9.17) is 0 Å². The highest BCUT2D eigenvalue weighted by Gasteiger charge is 2.06. The Balaban J connectivity index is 3.56. The Morgan fingerprint density at radius 3 is 2.36 bits per heavy atom. The van der Waals surface area contributed by atoms with Crippen LogP contribution in [0, 0.1) is 0 Å². The van der Waals surface area contributed by atoms with E-state index in [-0.39, 0.29) is 11.8 Å². The fourth-order valence-electron chi connectivity index (χ4n) is 1.01. The number of hydrogen-bond acceptors (Lipinski definition) is 2. The molecule has 3 heteroatoms. The first-order valence-electron chi connectivity index (χ1n) is 5.07. The molecule has 0 atom stereocenters. The van der Waals surface area contributed by atoms with Crippen LogP contribution in [0.15, 0.2) is 12.2 Å². The average molecular weight is 197 g/mol. The molecule has 0 unspecified atom stereocenters. The Hall–Kier alpha value is -1.12. The van der Waals surface area contributed by atoms with Crippen LogP contribution in [0.2, 0.25) is 0 Å². The summed E-state index contributed by atoms with van der Waals surface area (Å²) in [5.41, 5.74) is 0.368. The third kappa shape index (κ3) is 6.40. The molecule has 2 amide bonds. The molecule has 0 radical (unpaired) electrons. The van der Waals surface area contributed by atoms with Crippen molar-refractivity contribution in [1.29, 1.82) is 0 Å². The van der Waals surface area contributed by atoms with E-state index in [0.29, 0.717) is 12.0 Å². The summed E-state index contributed by atoms with van der Waals surface area (Å²) < 4.78 is 0. The second-order valence-electron chi connectivity index (χ2n) is 3.47. The minimum atomic E-state index is -0.370. The van der Waals surface area contributed by atoms with E-state index in [9.17, 15) is 9.59 Å². The summed E-state index contributed by atoms with van der Waals surface area (Å²) >= 11 is 0. The summed E-state index contributed by atoms with van der Waals surface area (Å²) in [5, 5.41) is 2.28. The number of carbonyl (C=O) groups excluding carboxylic acids is 2. The van der Waals surface area contributed by atoms with Crippen molar-refractivity contribution in [3.63, 3.8) is 0 Å². The molecular formula is C11H19NO2. The van der Waals surface area contributed by atoms with Gasteiger partial charge in [0.1, 0.15) is 0 Å². The topological polar surface area (TPSA) is 46.2 Å². The first-order valence-corrected chi connectivity index (χ1v) is 5.07. The molecule has 80 valence electrons. The SMILES string of the molecule is C=C(C)C(=O)NC(=O)CCCCCC. The average Bonchev–Trinajstić information content (AvgIpc) is 2.12. The van der Waals surface area contributed by atoms with Crippen molar-refractivity contribution in [2.75, 3.05) is 0 Å². The van der Waals surface area contributed by atoms with Crippen LogP contribution in [0.25, 0.3) is 0 Å². The minimum absolute atomic E-state index is 0.200. The van der Waals surface area contributed by atoms with Crippen LogP contribution in [-0.4, -0.2) is 11.8 Å². The molecule has 0 bridgehead atoms. The lowest BCUT2D eigenvalue weighted by Gasteiger charge is -2.02. The normalized spacial score (nSPS) is 9.57. The molecule has 0 heterocycles. The van der Waals surface area contributed by atoms with Crippen LogP contribution in [0.5, 0.6) is 0 Å². The minimum Gasteiger partial charge on any atom is -0.293 e. The van der Waals surface area contributed by atoms with Gasteiger partial charge < -0.3 is 0 Å². The van der Waals surface area contributed by atoms with E-state index in [1.807, 2.05) is 0 Å². The van der Waals surface area contributed by atoms with Crippen molar-refractivity contribution in [2.45, 2.75) is 46.0 Å². The van der Waals surface area contributed by atoms with Gasteiger partial charge >= 0.3 is 0 Å². The van der Waals surface area contributed by atoms with E-state index >= 15 is 0 Å². The molecular weight excluding hydrogens is 178 g/mol. The number of carbonyl (C=O) groups is 2. The van der Waals surface area contributed by atoms with Crippen molar-refractivity contribution >= 4 is 11.8 Å². The Morgan fingerprint density at radius 1 is 1.21 bits per heavy atom. The number of hydrogen-bond donors (Lipinski definition) is 1. The summed E-state index contributed by atoms with van der Waals surface area (Å²) in [6.45, 7) is 7.15. The second kappa shape index (κ2) is 7.30. The number of amides is 2. The number of nitrogens with one attached hydrogen (secondary N) is 1. The third-order valence-electron chi connectivity index (χ3n) is 1.90. The third-order valence-corrected chi connectivity index (χ3v) is 1.90. The highest BCUT2D eigenvalue weighted by atomic mass is 16.2. The van der Waals surface area contributed by atoms with Crippen molar-refractivity contribution in [1.82, 2.24) is 5.32 Å². The molecule has 0 rings (SSSR count). The molecule has 0 aromatic rings. The van der Waals surface area contributed by atoms with Crippen LogP contribution in [0.3, 0.4) is 0 Å². The van der Waals surface area contributed by atoms with E-state index in [0.717, 1.165) is 25.7 Å². The van der Waals surface area contributed by atoms with Gasteiger partial charge in [-0.3, -0.25) is 14.9 Å². The van der Waals surface area contributed by atoms with E-state index in [1.54, 1.807) is 6.92 Å². The highest BCUT2D eigenvalue weighted by molar-refractivity contribution is 6.03. The Morgan fingerprint density at radius 2 is 1.86 bits per heavy atom. The van der Waals surface area contributed by atoms with Crippen molar-refractivity contribution in [2.24, 2.45) is 0 Å². The number of rotatable bonds is 6. The highest BCUT2D eigenvalue weighted by Crippen LogP contribution is 2.02. The fraction of sp³-hybridized carbons (Fsp3) is 0.636. The molecule has 0 aliphatic rings. The largest absolute Gasteiger partial charge is 0.293 e. The molecule has 1 N–H and O–H groups in total. The zero-order chi connectivity index (χ0) is 11.0. The Bertz CT molecular complexity index is 221. The lowest BCUT2D eigenvalue weighted by Crippen LogP contribution is -2.30. The van der Waals surface area contributed by atoms with Crippen molar-refractivity contribution in [3.8, 4) is 0 Å². The lowest BCUT2D eigenvalue weighted by atomic mass is 10.1. The first-order chi connectivity index (χ1) is 6.57. The number of unbranched alkanes of at least 4 members (excludes halogenated alkanes) is 3. The van der Waals surface area contributed by atoms with Gasteiger partial charge in [-0.25, -0.2) is 0 Å². The van der Waals surface area contributed by atoms with E-state index < -0.39 is 0 Å². The second-order valence-corrected chi connectivity index (χ2v) is 3.47.